The third-order valence-electron chi connectivity index (χ3n) is 7.58. The third kappa shape index (κ3) is 3.61. The van der Waals surface area contributed by atoms with Gasteiger partial charge in [0.1, 0.15) is 0 Å². The van der Waals surface area contributed by atoms with Crippen molar-refractivity contribution in [3.63, 3.8) is 0 Å². The highest BCUT2D eigenvalue weighted by molar-refractivity contribution is 5.94. The first-order chi connectivity index (χ1) is 14.3. The number of nitrogens with zero attached hydrogens (tertiary/aromatic N) is 2. The quantitative estimate of drug-likeness (QED) is 0.759. The van der Waals surface area contributed by atoms with Crippen LogP contribution in [0.3, 0.4) is 0 Å². The fourth-order valence-corrected chi connectivity index (χ4v) is 5.83. The molecule has 0 unspecified atom stereocenters. The average Bonchev–Trinajstić information content (AvgIpc) is 2.97. The first-order valence-corrected chi connectivity index (χ1v) is 11.4. The van der Waals surface area contributed by atoms with Crippen LogP contribution < -0.4 is 4.90 Å². The van der Waals surface area contributed by atoms with E-state index in [-0.39, 0.29) is 0 Å². The van der Waals surface area contributed by atoms with E-state index >= 15 is 0 Å². The first-order valence-electron chi connectivity index (χ1n) is 11.4. The molecule has 152 valence electrons. The van der Waals surface area contributed by atoms with Crippen molar-refractivity contribution in [2.45, 2.75) is 56.8 Å². The highest BCUT2D eigenvalue weighted by atomic mass is 16.2. The number of para-hydroxylation sites is 1. The van der Waals surface area contributed by atoms with Gasteiger partial charge >= 0.3 is 0 Å². The van der Waals surface area contributed by atoms with E-state index in [9.17, 15) is 4.79 Å². The van der Waals surface area contributed by atoms with Crippen LogP contribution in [0.4, 0.5) is 5.69 Å². The van der Waals surface area contributed by atoms with Gasteiger partial charge in [-0.25, -0.2) is 0 Å². The van der Waals surface area contributed by atoms with Gasteiger partial charge in [-0.15, -0.1) is 0 Å². The monoisotopic (exact) mass is 388 g/mol. The normalized spacial score (nSPS) is 20.9. The van der Waals surface area contributed by atoms with Crippen molar-refractivity contribution >= 4 is 11.6 Å². The number of carbonyl (C=O) groups is 1. The number of carbonyl (C=O) groups excluding carboxylic acids is 1. The Morgan fingerprint density at radius 1 is 0.828 bits per heavy atom. The average molecular weight is 389 g/mol. The van der Waals surface area contributed by atoms with Crippen molar-refractivity contribution in [2.24, 2.45) is 0 Å². The van der Waals surface area contributed by atoms with Gasteiger partial charge in [0, 0.05) is 25.2 Å². The predicted octanol–water partition coefficient (Wildman–Crippen LogP) is 4.73. The van der Waals surface area contributed by atoms with E-state index in [0.29, 0.717) is 17.7 Å². The minimum atomic E-state index is 0.297. The number of aryl methyl sites for hydroxylation is 2. The van der Waals surface area contributed by atoms with E-state index in [1.807, 2.05) is 0 Å². The molecule has 0 N–H and O–H groups in total. The van der Waals surface area contributed by atoms with Gasteiger partial charge < -0.3 is 9.80 Å². The molecule has 0 bridgehead atoms. The van der Waals surface area contributed by atoms with Crippen LogP contribution in [0.2, 0.25) is 0 Å². The van der Waals surface area contributed by atoms with E-state index < -0.39 is 0 Å². The Bertz CT molecular complexity index is 882. The number of likely N-dealkylation sites (tertiary alicyclic amines) is 1. The number of hydrogen-bond donors (Lipinski definition) is 0. The Labute approximate surface area is 174 Å². The maximum Gasteiger partial charge on any atom is 0.228 e. The molecule has 1 fully saturated rings. The maximum absolute atomic E-state index is 13.1. The molecule has 0 radical (unpaired) electrons. The lowest BCUT2D eigenvalue weighted by Gasteiger charge is -2.40. The number of hydrogen-bond acceptors (Lipinski definition) is 2. The summed E-state index contributed by atoms with van der Waals surface area (Å²) in [7, 11) is 0. The second kappa shape index (κ2) is 7.95. The summed E-state index contributed by atoms with van der Waals surface area (Å²) in [4.78, 5) is 17.6. The van der Waals surface area contributed by atoms with E-state index in [0.717, 1.165) is 44.7 Å². The van der Waals surface area contributed by atoms with E-state index in [1.165, 1.54) is 37.7 Å². The highest BCUT2D eigenvalue weighted by Gasteiger charge is 2.40. The standard InChI is InChI=1S/C26H32N2O/c29-25(28-17-6-5-9-22-8-2-4-11-24(22)28)13-18-27-19-15-26(16-20-27)14-12-21-7-1-3-10-23(21)26/h1-4,7-8,10-11H,5-6,9,12-20H2. The SMILES string of the molecule is O=C(CCN1CCC2(CCc3ccccc32)CC1)N1CCCCc2ccccc21. The summed E-state index contributed by atoms with van der Waals surface area (Å²) in [5.41, 5.74) is 6.06. The molecular formula is C26H32N2O. The zero-order valence-corrected chi connectivity index (χ0v) is 17.4. The summed E-state index contributed by atoms with van der Waals surface area (Å²) >= 11 is 0. The van der Waals surface area contributed by atoms with Crippen LogP contribution in [0.15, 0.2) is 48.5 Å². The molecule has 2 aromatic rings. The molecular weight excluding hydrogens is 356 g/mol. The van der Waals surface area contributed by atoms with Gasteiger partial charge in [0.15, 0.2) is 0 Å². The fourth-order valence-electron chi connectivity index (χ4n) is 5.83. The van der Waals surface area contributed by atoms with Crippen molar-refractivity contribution in [3.8, 4) is 0 Å². The number of benzene rings is 2. The molecule has 1 saturated heterocycles. The molecule has 29 heavy (non-hydrogen) atoms. The lowest BCUT2D eigenvalue weighted by atomic mass is 9.74. The Balaban J connectivity index is 1.19. The van der Waals surface area contributed by atoms with Gasteiger partial charge in [-0.3, -0.25) is 4.79 Å². The van der Waals surface area contributed by atoms with Crippen LogP contribution >= 0.6 is 0 Å². The number of anilines is 1. The summed E-state index contributed by atoms with van der Waals surface area (Å²) in [6.07, 6.45) is 9.04. The van der Waals surface area contributed by atoms with Crippen molar-refractivity contribution in [2.75, 3.05) is 31.1 Å². The van der Waals surface area contributed by atoms with Crippen LogP contribution in [0.5, 0.6) is 0 Å². The lowest BCUT2D eigenvalue weighted by Crippen LogP contribution is -2.43. The first kappa shape index (κ1) is 18.9. The smallest absolute Gasteiger partial charge is 0.228 e. The molecule has 3 aliphatic rings. The number of piperidine rings is 1. The van der Waals surface area contributed by atoms with Crippen LogP contribution in [0.1, 0.15) is 55.2 Å². The minimum absolute atomic E-state index is 0.297. The summed E-state index contributed by atoms with van der Waals surface area (Å²) in [5, 5.41) is 0. The molecule has 0 saturated carbocycles. The molecule has 1 aliphatic carbocycles. The summed E-state index contributed by atoms with van der Waals surface area (Å²) in [6, 6.07) is 17.5. The van der Waals surface area contributed by atoms with Gasteiger partial charge in [-0.2, -0.15) is 0 Å². The zero-order chi connectivity index (χ0) is 19.7. The van der Waals surface area contributed by atoms with Crippen molar-refractivity contribution in [1.82, 2.24) is 4.90 Å². The van der Waals surface area contributed by atoms with E-state index in [4.69, 9.17) is 0 Å². The van der Waals surface area contributed by atoms with Crippen LogP contribution in [0.25, 0.3) is 0 Å². The van der Waals surface area contributed by atoms with Crippen LogP contribution in [-0.2, 0) is 23.1 Å². The van der Waals surface area contributed by atoms with Crippen LogP contribution in [0, 0.1) is 0 Å². The molecule has 1 spiro atoms. The Morgan fingerprint density at radius 2 is 1.59 bits per heavy atom. The topological polar surface area (TPSA) is 23.6 Å². The summed E-state index contributed by atoms with van der Waals surface area (Å²) in [6.45, 7) is 4.02. The minimum Gasteiger partial charge on any atom is -0.312 e. The molecule has 5 rings (SSSR count). The predicted molar refractivity (Wildman–Crippen MR) is 118 cm³/mol. The second-order valence-electron chi connectivity index (χ2n) is 9.16. The number of fused-ring (bicyclic) bond motifs is 3. The van der Waals surface area contributed by atoms with Crippen LogP contribution in [-0.4, -0.2) is 37.0 Å². The van der Waals surface area contributed by atoms with Gasteiger partial charge in [0.2, 0.25) is 5.91 Å². The Hall–Kier alpha value is -2.13. The second-order valence-corrected chi connectivity index (χ2v) is 9.16. The molecule has 2 aromatic carbocycles. The lowest BCUT2D eigenvalue weighted by molar-refractivity contribution is -0.119. The molecule has 1 amide bonds. The van der Waals surface area contributed by atoms with Crippen molar-refractivity contribution in [3.05, 3.63) is 65.2 Å². The fraction of sp³-hybridized carbons (Fsp3) is 0.500. The number of rotatable bonds is 3. The molecule has 0 aromatic heterocycles. The highest BCUT2D eigenvalue weighted by Crippen LogP contribution is 2.46. The molecule has 0 atom stereocenters. The van der Waals surface area contributed by atoms with Crippen molar-refractivity contribution < 1.29 is 4.79 Å². The molecule has 3 nitrogen and oxygen atoms in total. The van der Waals surface area contributed by atoms with E-state index in [1.54, 1.807) is 11.1 Å². The van der Waals surface area contributed by atoms with Crippen molar-refractivity contribution in [1.29, 1.82) is 0 Å². The zero-order valence-electron chi connectivity index (χ0n) is 17.4. The summed E-state index contributed by atoms with van der Waals surface area (Å²) in [5.74, 6) is 0.297. The Kier molecular flexibility index (Phi) is 5.17. The largest absolute Gasteiger partial charge is 0.312 e. The van der Waals surface area contributed by atoms with Gasteiger partial charge in [0.25, 0.3) is 0 Å². The van der Waals surface area contributed by atoms with Gasteiger partial charge in [0.05, 0.1) is 0 Å². The summed E-state index contributed by atoms with van der Waals surface area (Å²) < 4.78 is 0. The molecule has 2 heterocycles. The molecule has 3 heteroatoms. The van der Waals surface area contributed by atoms with Gasteiger partial charge in [-0.05, 0) is 86.2 Å². The number of amides is 1. The third-order valence-corrected chi connectivity index (χ3v) is 7.58. The maximum atomic E-state index is 13.1. The van der Waals surface area contributed by atoms with Gasteiger partial charge in [-0.1, -0.05) is 42.5 Å². The molecule has 2 aliphatic heterocycles. The Morgan fingerprint density at radius 3 is 2.45 bits per heavy atom. The van der Waals surface area contributed by atoms with E-state index in [2.05, 4.69) is 58.3 Å².